The van der Waals surface area contributed by atoms with Gasteiger partial charge in [0.1, 0.15) is 12.2 Å². The summed E-state index contributed by atoms with van der Waals surface area (Å²) in [6.45, 7) is 8.48. The average molecular weight is 384 g/mol. The molecular formula is C23H24N6. The van der Waals surface area contributed by atoms with Crippen LogP contribution in [0.5, 0.6) is 0 Å². The fraction of sp³-hybridized carbons (Fsp3) is 0.217. The van der Waals surface area contributed by atoms with E-state index >= 15 is 0 Å². The van der Waals surface area contributed by atoms with Crippen molar-refractivity contribution in [2.45, 2.75) is 33.2 Å². The minimum Gasteiger partial charge on any atom is -0.319 e. The zero-order valence-corrected chi connectivity index (χ0v) is 17.1. The highest BCUT2D eigenvalue weighted by Gasteiger charge is 2.24. The second-order valence-electron chi connectivity index (χ2n) is 7.91. The molecule has 2 aromatic heterocycles. The molecule has 2 heterocycles. The van der Waals surface area contributed by atoms with Crippen LogP contribution in [0.25, 0.3) is 39.4 Å². The topological polar surface area (TPSA) is 83.2 Å². The predicted octanol–water partition coefficient (Wildman–Crippen LogP) is 5.30. The Morgan fingerprint density at radius 1 is 1.10 bits per heavy atom. The number of hydrogen-bond acceptors (Lipinski definition) is 4. The van der Waals surface area contributed by atoms with Gasteiger partial charge in [0.05, 0.1) is 11.0 Å². The Hall–Kier alpha value is -3.54. The van der Waals surface area contributed by atoms with E-state index < -0.39 is 0 Å². The summed E-state index contributed by atoms with van der Waals surface area (Å²) < 4.78 is 2.26. The molecule has 0 fully saturated rings. The molecule has 0 aliphatic rings. The smallest absolute Gasteiger partial charge is 0.156 e. The van der Waals surface area contributed by atoms with E-state index in [9.17, 15) is 0 Å². The van der Waals surface area contributed by atoms with E-state index in [4.69, 9.17) is 10.4 Å². The lowest BCUT2D eigenvalue weighted by Gasteiger charge is -2.25. The summed E-state index contributed by atoms with van der Waals surface area (Å²) in [5.41, 5.74) is 5.61. The van der Waals surface area contributed by atoms with Crippen molar-refractivity contribution in [2.24, 2.45) is 0 Å². The summed E-state index contributed by atoms with van der Waals surface area (Å²) in [4.78, 5) is 9.37. The molecule has 0 aliphatic carbocycles. The van der Waals surface area contributed by atoms with Gasteiger partial charge in [0.2, 0.25) is 0 Å². The van der Waals surface area contributed by atoms with E-state index in [1.54, 1.807) is 0 Å². The van der Waals surface area contributed by atoms with Crippen LogP contribution in [0, 0.1) is 5.41 Å². The Balaban J connectivity index is 2.02. The van der Waals surface area contributed by atoms with Crippen LogP contribution in [-0.4, -0.2) is 30.9 Å². The van der Waals surface area contributed by atoms with Crippen LogP contribution in [0.2, 0.25) is 0 Å². The molecule has 0 amide bonds. The lowest BCUT2D eigenvalue weighted by Crippen LogP contribution is -2.22. The number of allylic oxidation sites excluding steroid dienone is 2. The highest BCUT2D eigenvalue weighted by atomic mass is 15.2. The lowest BCUT2D eigenvalue weighted by molar-refractivity contribution is 0.413. The van der Waals surface area contributed by atoms with Gasteiger partial charge >= 0.3 is 0 Å². The van der Waals surface area contributed by atoms with Gasteiger partial charge in [-0.15, -0.1) is 0 Å². The van der Waals surface area contributed by atoms with Crippen molar-refractivity contribution in [1.82, 2.24) is 24.7 Å². The number of aromatic nitrogens is 5. The third-order valence-corrected chi connectivity index (χ3v) is 4.96. The highest BCUT2D eigenvalue weighted by Crippen LogP contribution is 2.36. The first-order chi connectivity index (χ1) is 13.9. The number of benzene rings is 2. The molecule has 29 heavy (non-hydrogen) atoms. The minimum atomic E-state index is -0.175. The summed E-state index contributed by atoms with van der Waals surface area (Å²) in [6, 6.07) is 14.3. The van der Waals surface area contributed by atoms with Gasteiger partial charge in [-0.3, -0.25) is 5.10 Å². The maximum Gasteiger partial charge on any atom is 0.156 e. The van der Waals surface area contributed by atoms with Crippen molar-refractivity contribution in [3.05, 3.63) is 60.4 Å². The SMILES string of the molecule is C/C=C(\C=N)c1ccc2c(c1)nc(-c1ccccc1-c1ncn[nH]1)n2C(C)(C)C. The molecule has 4 rings (SSSR count). The number of fused-ring (bicyclic) bond motifs is 1. The summed E-state index contributed by atoms with van der Waals surface area (Å²) in [7, 11) is 0. The van der Waals surface area contributed by atoms with Crippen LogP contribution >= 0.6 is 0 Å². The van der Waals surface area contributed by atoms with Gasteiger partial charge in [0.15, 0.2) is 5.82 Å². The van der Waals surface area contributed by atoms with Gasteiger partial charge in [-0.25, -0.2) is 9.97 Å². The van der Waals surface area contributed by atoms with Crippen LogP contribution < -0.4 is 0 Å². The van der Waals surface area contributed by atoms with Gasteiger partial charge in [-0.1, -0.05) is 36.4 Å². The summed E-state index contributed by atoms with van der Waals surface area (Å²) >= 11 is 0. The van der Waals surface area contributed by atoms with Crippen molar-refractivity contribution in [3.8, 4) is 22.8 Å². The van der Waals surface area contributed by atoms with E-state index in [-0.39, 0.29) is 5.54 Å². The van der Waals surface area contributed by atoms with Gasteiger partial charge in [0.25, 0.3) is 0 Å². The van der Waals surface area contributed by atoms with Crippen molar-refractivity contribution < 1.29 is 0 Å². The summed E-state index contributed by atoms with van der Waals surface area (Å²) in [6.07, 6.45) is 4.83. The Labute approximate surface area is 169 Å². The maximum atomic E-state index is 7.66. The lowest BCUT2D eigenvalue weighted by atomic mass is 10.0. The molecule has 6 nitrogen and oxygen atoms in total. The van der Waals surface area contributed by atoms with Crippen LogP contribution in [0.15, 0.2) is 54.9 Å². The first kappa shape index (κ1) is 18.8. The minimum absolute atomic E-state index is 0.175. The van der Waals surface area contributed by atoms with E-state index in [0.29, 0.717) is 5.82 Å². The number of nitrogens with zero attached hydrogens (tertiary/aromatic N) is 4. The zero-order valence-electron chi connectivity index (χ0n) is 17.1. The molecule has 0 bridgehead atoms. The summed E-state index contributed by atoms with van der Waals surface area (Å²) in [5.74, 6) is 1.60. The van der Waals surface area contributed by atoms with Crippen molar-refractivity contribution in [2.75, 3.05) is 0 Å². The van der Waals surface area contributed by atoms with Crippen LogP contribution in [0.3, 0.4) is 0 Å². The predicted molar refractivity (Wildman–Crippen MR) is 118 cm³/mol. The molecule has 0 spiro atoms. The van der Waals surface area contributed by atoms with Gasteiger partial charge in [-0.2, -0.15) is 5.10 Å². The quantitative estimate of drug-likeness (QED) is 0.469. The number of hydrogen-bond donors (Lipinski definition) is 2. The van der Waals surface area contributed by atoms with E-state index in [2.05, 4.69) is 64.8 Å². The largest absolute Gasteiger partial charge is 0.319 e. The molecule has 0 aliphatic heterocycles. The van der Waals surface area contributed by atoms with Crippen molar-refractivity contribution in [1.29, 1.82) is 5.41 Å². The molecule has 6 heteroatoms. The average Bonchev–Trinajstić information content (AvgIpc) is 3.36. The molecule has 0 unspecified atom stereocenters. The summed E-state index contributed by atoms with van der Waals surface area (Å²) in [5, 5.41) is 14.6. The monoisotopic (exact) mass is 384 g/mol. The van der Waals surface area contributed by atoms with Gasteiger partial charge in [0, 0.05) is 22.9 Å². The highest BCUT2D eigenvalue weighted by molar-refractivity contribution is 6.09. The molecule has 0 atom stereocenters. The Morgan fingerprint density at radius 3 is 2.48 bits per heavy atom. The third kappa shape index (κ3) is 3.27. The molecule has 0 radical (unpaired) electrons. The number of rotatable bonds is 4. The molecule has 0 saturated carbocycles. The van der Waals surface area contributed by atoms with Crippen LogP contribution in [0.1, 0.15) is 33.3 Å². The second kappa shape index (κ2) is 7.13. The number of H-pyrrole nitrogens is 1. The third-order valence-electron chi connectivity index (χ3n) is 4.96. The van der Waals surface area contributed by atoms with Gasteiger partial charge < -0.3 is 9.98 Å². The number of aromatic amines is 1. The van der Waals surface area contributed by atoms with E-state index in [1.165, 1.54) is 12.5 Å². The second-order valence-corrected chi connectivity index (χ2v) is 7.91. The zero-order chi connectivity index (χ0) is 20.6. The van der Waals surface area contributed by atoms with E-state index in [0.717, 1.165) is 39.1 Å². The Kier molecular flexibility index (Phi) is 4.62. The fourth-order valence-corrected chi connectivity index (χ4v) is 3.67. The molecular weight excluding hydrogens is 360 g/mol. The van der Waals surface area contributed by atoms with E-state index in [1.807, 2.05) is 31.2 Å². The molecule has 4 aromatic rings. The van der Waals surface area contributed by atoms with Gasteiger partial charge in [-0.05, 0) is 51.0 Å². The first-order valence-electron chi connectivity index (χ1n) is 9.59. The fourth-order valence-electron chi connectivity index (χ4n) is 3.67. The molecule has 146 valence electrons. The molecule has 0 saturated heterocycles. The first-order valence-corrected chi connectivity index (χ1v) is 9.59. The number of nitrogens with one attached hydrogen (secondary N) is 2. The number of imidazole rings is 1. The standard InChI is InChI=1S/C23H24N6/c1-5-15(13-24)16-10-11-20-19(12-16)27-22(29(20)23(2,3)4)18-9-7-6-8-17(18)21-25-14-26-28-21/h5-14,24H,1-4H3,(H,25,26,28)/b15-5+,24-13?. The Morgan fingerprint density at radius 2 is 1.86 bits per heavy atom. The normalized spacial score (nSPS) is 12.5. The molecule has 2 N–H and O–H groups in total. The van der Waals surface area contributed by atoms with Crippen molar-refractivity contribution in [3.63, 3.8) is 0 Å². The van der Waals surface area contributed by atoms with Crippen LogP contribution in [0.4, 0.5) is 0 Å². The molecule has 2 aromatic carbocycles. The maximum absolute atomic E-state index is 7.66. The van der Waals surface area contributed by atoms with Crippen molar-refractivity contribution >= 4 is 22.8 Å². The van der Waals surface area contributed by atoms with Crippen LogP contribution in [-0.2, 0) is 5.54 Å². The Bertz CT molecular complexity index is 1210.